The molecular weight excluding hydrogens is 585 g/mol. The van der Waals surface area contributed by atoms with E-state index < -0.39 is 33.6 Å². The Morgan fingerprint density at radius 1 is 1.07 bits per heavy atom. The van der Waals surface area contributed by atoms with Crippen molar-refractivity contribution in [1.29, 1.82) is 0 Å². The molecule has 13 heteroatoms. The van der Waals surface area contributed by atoms with Crippen LogP contribution in [-0.4, -0.2) is 76.0 Å². The number of amidine groups is 1. The number of carbonyl (C=O) groups is 2. The van der Waals surface area contributed by atoms with Crippen LogP contribution >= 0.6 is 0 Å². The Bertz CT molecular complexity index is 1530. The van der Waals surface area contributed by atoms with Crippen LogP contribution in [0.4, 0.5) is 13.2 Å². The second kappa shape index (κ2) is 11.9. The summed E-state index contributed by atoms with van der Waals surface area (Å²) < 4.78 is 72.6. The number of aryl methyl sites for hydroxylation is 2. The van der Waals surface area contributed by atoms with E-state index in [0.717, 1.165) is 23.3 Å². The molecule has 1 atom stereocenters. The molecule has 0 saturated carbocycles. The van der Waals surface area contributed by atoms with E-state index in [-0.39, 0.29) is 61.3 Å². The van der Waals surface area contributed by atoms with Crippen LogP contribution < -0.4 is 10.1 Å². The number of piperidine rings is 1. The maximum Gasteiger partial charge on any atom is 0.416 e. The van der Waals surface area contributed by atoms with Gasteiger partial charge in [0.25, 0.3) is 22.2 Å². The second-order valence-corrected chi connectivity index (χ2v) is 13.3. The number of aliphatic imine (C=N–C) groups is 1. The zero-order chi connectivity index (χ0) is 31.0. The quantitative estimate of drug-likeness (QED) is 0.338. The molecule has 0 aromatic heterocycles. The molecule has 2 aromatic rings. The third-order valence-electron chi connectivity index (χ3n) is 8.11. The Balaban J connectivity index is 1.46. The van der Waals surface area contributed by atoms with Crippen LogP contribution in [0.15, 0.2) is 53.5 Å². The highest BCUT2D eigenvalue weighted by atomic mass is 32.3. The summed E-state index contributed by atoms with van der Waals surface area (Å²) in [6.07, 6.45) is -0.0982. The van der Waals surface area contributed by atoms with E-state index >= 15 is 0 Å². The minimum Gasteiger partial charge on any atom is -0.493 e. The molecule has 1 spiro atoms. The topological polar surface area (TPSA) is 112 Å². The molecule has 7 rings (SSSR count). The summed E-state index contributed by atoms with van der Waals surface area (Å²) in [6.45, 7) is 2.50. The lowest BCUT2D eigenvalue weighted by Crippen LogP contribution is -2.52. The Kier molecular flexibility index (Phi) is 8.52. The van der Waals surface area contributed by atoms with Crippen molar-refractivity contribution in [2.75, 3.05) is 39.0 Å². The molecular formula is C30H34F3N4O5S+. The lowest BCUT2D eigenvalue weighted by molar-refractivity contribution is -0.137. The number of amides is 2. The van der Waals surface area contributed by atoms with Crippen molar-refractivity contribution in [1.82, 2.24) is 14.5 Å². The Hall–Kier alpha value is -3.55. The van der Waals surface area contributed by atoms with Crippen LogP contribution in [0.25, 0.3) is 0 Å². The Labute approximate surface area is 249 Å². The van der Waals surface area contributed by atoms with E-state index in [4.69, 9.17) is 4.74 Å². The fourth-order valence-corrected chi connectivity index (χ4v) is 6.99. The molecule has 9 nitrogen and oxygen atoms in total. The van der Waals surface area contributed by atoms with Gasteiger partial charge in [0.2, 0.25) is 0 Å². The van der Waals surface area contributed by atoms with E-state index in [1.54, 1.807) is 37.4 Å². The van der Waals surface area contributed by atoms with Crippen molar-refractivity contribution in [3.05, 3.63) is 76.4 Å². The minimum absolute atomic E-state index is 0.0140. The molecule has 2 aromatic carbocycles. The molecule has 43 heavy (non-hydrogen) atoms. The predicted molar refractivity (Wildman–Crippen MR) is 156 cm³/mol. The van der Waals surface area contributed by atoms with Gasteiger partial charge in [0.15, 0.2) is 5.75 Å². The van der Waals surface area contributed by atoms with Gasteiger partial charge in [-0.05, 0) is 71.9 Å². The number of likely N-dealkylation sites (N-methyl/N-ethyl adjacent to an activating group) is 1. The number of hydrogen-bond acceptors (Lipinski definition) is 5. The Morgan fingerprint density at radius 2 is 1.81 bits per heavy atom. The van der Waals surface area contributed by atoms with Gasteiger partial charge in [-0.15, -0.1) is 0 Å². The number of benzene rings is 2. The largest absolute Gasteiger partial charge is 0.493 e. The Morgan fingerprint density at radius 3 is 2.51 bits per heavy atom. The summed E-state index contributed by atoms with van der Waals surface area (Å²) in [5, 5.41) is 2.64. The molecule has 2 N–H and O–H groups in total. The zero-order valence-corrected chi connectivity index (χ0v) is 24.8. The van der Waals surface area contributed by atoms with E-state index in [0.29, 0.717) is 24.9 Å². The van der Waals surface area contributed by atoms with Gasteiger partial charge in [0, 0.05) is 44.2 Å². The number of nitrogens with one attached hydrogen (secondary N) is 1. The molecule has 7 bridgehead atoms. The number of rotatable bonds is 0. The highest BCUT2D eigenvalue weighted by Crippen LogP contribution is 2.36. The average Bonchev–Trinajstić information content (AvgIpc) is 3.27. The van der Waals surface area contributed by atoms with Gasteiger partial charge >= 0.3 is 6.18 Å². The number of alkyl halides is 3. The van der Waals surface area contributed by atoms with Crippen molar-refractivity contribution in [2.24, 2.45) is 4.99 Å². The summed E-state index contributed by atoms with van der Waals surface area (Å²) in [6, 6.07) is 8.52. The SMILES string of the molecule is Cc1cc2ccc1CC[S+](=O)(O)N1CCC3(CC1)N=C(NC3=O)c1cc(cc(C(F)(F)F)c1)OCC/C=C\CN(C)C2=O. The van der Waals surface area contributed by atoms with E-state index in [1.165, 1.54) is 15.3 Å². The highest BCUT2D eigenvalue weighted by Gasteiger charge is 2.50. The van der Waals surface area contributed by atoms with Crippen molar-refractivity contribution < 1.29 is 36.3 Å². The van der Waals surface area contributed by atoms with Crippen LogP contribution in [0.3, 0.4) is 0 Å². The molecule has 230 valence electrons. The molecule has 5 heterocycles. The first kappa shape index (κ1) is 30.9. The minimum atomic E-state index is -4.65. The molecule has 0 radical (unpaired) electrons. The van der Waals surface area contributed by atoms with Gasteiger partial charge in [0.1, 0.15) is 17.1 Å². The van der Waals surface area contributed by atoms with Gasteiger partial charge in [-0.2, -0.15) is 17.7 Å². The first-order valence-corrected chi connectivity index (χ1v) is 15.7. The second-order valence-electron chi connectivity index (χ2n) is 11.1. The summed E-state index contributed by atoms with van der Waals surface area (Å²) in [5.41, 5.74) is 0.0873. The van der Waals surface area contributed by atoms with Crippen molar-refractivity contribution in [3.8, 4) is 5.75 Å². The van der Waals surface area contributed by atoms with Gasteiger partial charge in [0.05, 0.1) is 12.2 Å². The van der Waals surface area contributed by atoms with Crippen molar-refractivity contribution in [2.45, 2.75) is 44.3 Å². The highest BCUT2D eigenvalue weighted by molar-refractivity contribution is 7.95. The molecule has 2 amide bonds. The molecule has 1 unspecified atom stereocenters. The fraction of sp³-hybridized carbons (Fsp3) is 0.433. The maximum atomic E-state index is 13.7. The van der Waals surface area contributed by atoms with Crippen molar-refractivity contribution in [3.63, 3.8) is 0 Å². The molecule has 5 aliphatic heterocycles. The van der Waals surface area contributed by atoms with Crippen LogP contribution in [0, 0.1) is 6.92 Å². The van der Waals surface area contributed by atoms with E-state index in [9.17, 15) is 31.5 Å². The van der Waals surface area contributed by atoms with Gasteiger partial charge in [-0.25, -0.2) is 0 Å². The smallest absolute Gasteiger partial charge is 0.416 e. The zero-order valence-electron chi connectivity index (χ0n) is 23.9. The molecule has 0 aliphatic carbocycles. The third kappa shape index (κ3) is 6.68. The number of nitrogens with zero attached hydrogens (tertiary/aromatic N) is 3. The molecule has 1 fully saturated rings. The van der Waals surface area contributed by atoms with Crippen LogP contribution in [-0.2, 0) is 32.0 Å². The fourth-order valence-electron chi connectivity index (χ4n) is 5.50. The van der Waals surface area contributed by atoms with E-state index in [1.807, 2.05) is 6.92 Å². The summed E-state index contributed by atoms with van der Waals surface area (Å²) in [4.78, 5) is 32.1. The van der Waals surface area contributed by atoms with E-state index in [2.05, 4.69) is 10.3 Å². The summed E-state index contributed by atoms with van der Waals surface area (Å²) >= 11 is 0. The van der Waals surface area contributed by atoms with Gasteiger partial charge in [-0.1, -0.05) is 22.5 Å². The number of ether oxygens (including phenoxy) is 1. The maximum absolute atomic E-state index is 13.7. The van der Waals surface area contributed by atoms with Crippen LogP contribution in [0.1, 0.15) is 51.9 Å². The molecule has 5 aliphatic rings. The molecule has 1 saturated heterocycles. The standard InChI is InChI=1S/C30H33F3N4O5S/c1-20-16-22-7-6-21(20)8-15-43(40,41)37-12-9-29(10-13-37)28(39)34-26(35-29)23-17-24(30(31,32)33)19-25(18-23)42-14-5-3-4-11-36(2)27(22)38/h3-4,6-7,16-19H,5,8-15H2,1-2H3,(H-,34,35,39,40,41)/p+1/b4-3-. The monoisotopic (exact) mass is 619 g/mol. The lowest BCUT2D eigenvalue weighted by Gasteiger charge is -2.33. The summed E-state index contributed by atoms with van der Waals surface area (Å²) in [5.74, 6) is -0.675. The first-order valence-electron chi connectivity index (χ1n) is 14.0. The van der Waals surface area contributed by atoms with Gasteiger partial charge in [-0.3, -0.25) is 14.6 Å². The normalized spacial score (nSPS) is 27.7. The number of carbonyl (C=O) groups excluding carboxylic acids is 2. The predicted octanol–water partition coefficient (Wildman–Crippen LogP) is 4.27. The number of hydrogen-bond donors (Lipinski definition) is 2. The number of halogens is 3. The first-order chi connectivity index (χ1) is 20.3. The lowest BCUT2D eigenvalue weighted by atomic mass is 9.89. The number of fused-ring (bicyclic) bond motifs is 2. The third-order valence-corrected chi connectivity index (χ3v) is 10.0. The van der Waals surface area contributed by atoms with Crippen LogP contribution in [0.2, 0.25) is 0 Å². The summed E-state index contributed by atoms with van der Waals surface area (Å²) in [7, 11) is -1.76. The van der Waals surface area contributed by atoms with Crippen LogP contribution in [0.5, 0.6) is 5.75 Å². The van der Waals surface area contributed by atoms with Crippen molar-refractivity contribution >= 4 is 28.0 Å². The van der Waals surface area contributed by atoms with Gasteiger partial charge < -0.3 is 15.0 Å². The average molecular weight is 620 g/mol.